The molecule has 1 aliphatic carbocycles. The van der Waals surface area contributed by atoms with Crippen molar-refractivity contribution in [1.82, 2.24) is 0 Å². The predicted molar refractivity (Wildman–Crippen MR) is 112 cm³/mol. The van der Waals surface area contributed by atoms with E-state index in [2.05, 4.69) is 0 Å². The molecule has 35 heavy (non-hydrogen) atoms. The number of hydrogen-bond acceptors (Lipinski definition) is 0. The van der Waals surface area contributed by atoms with Crippen LogP contribution >= 0.6 is 0 Å². The number of rotatable bonds is 2. The first kappa shape index (κ1) is 23.0. The first-order valence-corrected chi connectivity index (χ1v) is 10.2. The third kappa shape index (κ3) is 3.25. The number of fused-ring (bicyclic) bond motifs is 2. The predicted octanol–water partition coefficient (Wildman–Crippen LogP) is 8.56. The molecule has 0 amide bonds. The van der Waals surface area contributed by atoms with Crippen LogP contribution < -0.4 is 0 Å². The van der Waals surface area contributed by atoms with Crippen LogP contribution in [0.3, 0.4) is 0 Å². The quantitative estimate of drug-likeness (QED) is 0.149. The van der Waals surface area contributed by atoms with E-state index in [0.717, 1.165) is 12.1 Å². The first-order chi connectivity index (χ1) is 16.5. The van der Waals surface area contributed by atoms with E-state index < -0.39 is 74.8 Å². The van der Waals surface area contributed by atoms with Crippen LogP contribution in [-0.4, -0.2) is 0 Å². The Hall–Kier alpha value is -3.75. The lowest BCUT2D eigenvalue weighted by Gasteiger charge is -2.22. The van der Waals surface area contributed by atoms with E-state index in [1.165, 1.54) is 19.1 Å². The van der Waals surface area contributed by atoms with Gasteiger partial charge in [-0.1, -0.05) is 19.1 Å². The van der Waals surface area contributed by atoms with Crippen molar-refractivity contribution in [3.05, 3.63) is 99.9 Å². The van der Waals surface area contributed by atoms with Crippen LogP contribution in [0.1, 0.15) is 24.0 Å². The van der Waals surface area contributed by atoms with E-state index >= 15 is 0 Å². The Morgan fingerprint density at radius 1 is 0.571 bits per heavy atom. The third-order valence-electron chi connectivity index (χ3n) is 6.10. The largest absolute Gasteiger partial charge is 0.207 e. The summed E-state index contributed by atoms with van der Waals surface area (Å²) in [6.07, 6.45) is 2.92. The maximum absolute atomic E-state index is 14.9. The summed E-state index contributed by atoms with van der Waals surface area (Å²) in [5.74, 6) is -16.7. The lowest BCUT2D eigenvalue weighted by molar-refractivity contribution is 0.381. The SMILES string of the molecule is CC1C=Cc2c1c(-c1c(F)c(F)c(F)c(F)c1F)c1cc(F)c(F)cc1c2-c1ccc(F)cc1F. The minimum absolute atomic E-state index is 0.00504. The highest BCUT2D eigenvalue weighted by molar-refractivity contribution is 6.11. The Labute approximate surface area is 191 Å². The van der Waals surface area contributed by atoms with E-state index in [4.69, 9.17) is 0 Å². The summed E-state index contributed by atoms with van der Waals surface area (Å²) < 4.78 is 129. The summed E-state index contributed by atoms with van der Waals surface area (Å²) in [6.45, 7) is 1.54. The van der Waals surface area contributed by atoms with E-state index in [1.54, 1.807) is 0 Å². The molecule has 0 bridgehead atoms. The average Bonchev–Trinajstić information content (AvgIpc) is 3.19. The molecule has 0 N–H and O–H groups in total. The Morgan fingerprint density at radius 3 is 1.69 bits per heavy atom. The Balaban J connectivity index is 2.05. The van der Waals surface area contributed by atoms with Crippen LogP contribution in [0.5, 0.6) is 0 Å². The number of allylic oxidation sites excluding steroid dienone is 1. The lowest BCUT2D eigenvalue weighted by Crippen LogP contribution is -2.08. The van der Waals surface area contributed by atoms with E-state index in [1.807, 2.05) is 0 Å². The molecule has 178 valence electrons. The van der Waals surface area contributed by atoms with Crippen molar-refractivity contribution in [3.63, 3.8) is 0 Å². The Morgan fingerprint density at radius 2 is 1.11 bits per heavy atom. The fourth-order valence-electron chi connectivity index (χ4n) is 4.58. The molecule has 0 aromatic heterocycles. The van der Waals surface area contributed by atoms with Gasteiger partial charge in [0, 0.05) is 28.7 Å². The fourth-order valence-corrected chi connectivity index (χ4v) is 4.58. The van der Waals surface area contributed by atoms with Crippen LogP contribution in [0.2, 0.25) is 0 Å². The Kier molecular flexibility index (Phi) is 5.19. The zero-order chi connectivity index (χ0) is 25.3. The van der Waals surface area contributed by atoms with E-state index in [9.17, 15) is 39.5 Å². The van der Waals surface area contributed by atoms with E-state index in [0.29, 0.717) is 18.2 Å². The number of benzene rings is 4. The van der Waals surface area contributed by atoms with Gasteiger partial charge in [-0.15, -0.1) is 0 Å². The van der Waals surface area contributed by atoms with Gasteiger partial charge in [-0.05, 0) is 46.2 Å². The smallest absolute Gasteiger partial charge is 0.200 e. The Bertz CT molecular complexity index is 1570. The van der Waals surface area contributed by atoms with Gasteiger partial charge in [0.25, 0.3) is 0 Å². The van der Waals surface area contributed by atoms with Gasteiger partial charge in [-0.2, -0.15) is 0 Å². The van der Waals surface area contributed by atoms with Gasteiger partial charge < -0.3 is 0 Å². The maximum atomic E-state index is 14.9. The molecular weight excluding hydrogens is 483 g/mol. The molecule has 4 aromatic rings. The molecule has 0 radical (unpaired) electrons. The fraction of sp³-hybridized carbons (Fsp3) is 0.0769. The molecule has 5 rings (SSSR count). The lowest BCUT2D eigenvalue weighted by atomic mass is 9.82. The highest BCUT2D eigenvalue weighted by Crippen LogP contribution is 2.50. The van der Waals surface area contributed by atoms with Gasteiger partial charge in [-0.25, -0.2) is 39.5 Å². The standard InChI is InChI=1S/C26H11F9/c1-9-2-4-12-18(9)20(21-22(31)24(33)26(35)25(34)23(21)32)14-8-17(30)16(29)7-13(14)19(12)11-5-3-10(27)6-15(11)28/h2-9H,1H3. The van der Waals surface area contributed by atoms with Crippen LogP contribution in [0.25, 0.3) is 39.1 Å². The summed E-state index contributed by atoms with van der Waals surface area (Å²) in [7, 11) is 0. The summed E-state index contributed by atoms with van der Waals surface area (Å²) in [5, 5.41) is -0.689. The van der Waals surface area contributed by atoms with Crippen molar-refractivity contribution >= 4 is 16.8 Å². The molecule has 0 spiro atoms. The van der Waals surface area contributed by atoms with Gasteiger partial charge in [0.15, 0.2) is 34.9 Å². The van der Waals surface area contributed by atoms with Crippen LogP contribution in [-0.2, 0) is 0 Å². The minimum Gasteiger partial charge on any atom is -0.207 e. The second-order valence-electron chi connectivity index (χ2n) is 8.11. The van der Waals surface area contributed by atoms with Crippen LogP contribution in [0, 0.1) is 52.4 Å². The highest BCUT2D eigenvalue weighted by Gasteiger charge is 2.34. The molecule has 1 atom stereocenters. The van der Waals surface area contributed by atoms with Crippen molar-refractivity contribution in [1.29, 1.82) is 0 Å². The summed E-state index contributed by atoms with van der Waals surface area (Å²) >= 11 is 0. The van der Waals surface area contributed by atoms with Crippen LogP contribution in [0.4, 0.5) is 39.5 Å². The molecule has 1 aliphatic rings. The molecular formula is C26H11F9. The molecule has 0 saturated heterocycles. The average molecular weight is 494 g/mol. The van der Waals surface area contributed by atoms with Crippen molar-refractivity contribution in [2.75, 3.05) is 0 Å². The summed E-state index contributed by atoms with van der Waals surface area (Å²) in [4.78, 5) is 0. The molecule has 0 saturated carbocycles. The topological polar surface area (TPSA) is 0 Å². The zero-order valence-corrected chi connectivity index (χ0v) is 17.5. The second-order valence-corrected chi connectivity index (χ2v) is 8.11. The first-order valence-electron chi connectivity index (χ1n) is 10.2. The third-order valence-corrected chi connectivity index (χ3v) is 6.10. The monoisotopic (exact) mass is 494 g/mol. The summed E-state index contributed by atoms with van der Waals surface area (Å²) in [5.41, 5.74) is -2.08. The zero-order valence-electron chi connectivity index (χ0n) is 17.5. The minimum atomic E-state index is -2.38. The van der Waals surface area contributed by atoms with Gasteiger partial charge in [0.05, 0.1) is 5.56 Å². The molecule has 0 fully saturated rings. The second kappa shape index (κ2) is 7.90. The maximum Gasteiger partial charge on any atom is 0.200 e. The van der Waals surface area contributed by atoms with Crippen molar-refractivity contribution < 1.29 is 39.5 Å². The summed E-state index contributed by atoms with van der Waals surface area (Å²) in [6, 6.07) is 3.73. The number of halogens is 9. The van der Waals surface area contributed by atoms with Gasteiger partial charge in [-0.3, -0.25) is 0 Å². The molecule has 0 nitrogen and oxygen atoms in total. The molecule has 1 unspecified atom stereocenters. The van der Waals surface area contributed by atoms with Crippen molar-refractivity contribution in [2.24, 2.45) is 0 Å². The molecule has 0 aliphatic heterocycles. The molecule has 4 aromatic carbocycles. The van der Waals surface area contributed by atoms with Crippen molar-refractivity contribution in [3.8, 4) is 22.3 Å². The normalized spacial score (nSPS) is 14.7. The van der Waals surface area contributed by atoms with Gasteiger partial charge in [0.1, 0.15) is 11.6 Å². The van der Waals surface area contributed by atoms with E-state index in [-0.39, 0.29) is 27.6 Å². The van der Waals surface area contributed by atoms with Gasteiger partial charge in [0.2, 0.25) is 5.82 Å². The highest BCUT2D eigenvalue weighted by atomic mass is 19.2. The van der Waals surface area contributed by atoms with Gasteiger partial charge >= 0.3 is 0 Å². The van der Waals surface area contributed by atoms with Crippen LogP contribution in [0.15, 0.2) is 36.4 Å². The molecule has 9 heteroatoms. The van der Waals surface area contributed by atoms with Crippen molar-refractivity contribution in [2.45, 2.75) is 12.8 Å². The molecule has 0 heterocycles. The number of hydrogen-bond donors (Lipinski definition) is 0.